The second kappa shape index (κ2) is 6.32. The lowest BCUT2D eigenvalue weighted by atomic mass is 9.89. The van der Waals surface area contributed by atoms with Crippen LogP contribution in [-0.2, 0) is 11.2 Å². The Labute approximate surface area is 117 Å². The number of nitrogens with zero attached hydrogens (tertiary/aromatic N) is 1. The van der Waals surface area contributed by atoms with Crippen LogP contribution in [0.2, 0.25) is 5.02 Å². The lowest BCUT2D eigenvalue weighted by Gasteiger charge is -2.31. The van der Waals surface area contributed by atoms with Gasteiger partial charge in [-0.25, -0.2) is 0 Å². The highest BCUT2D eigenvalue weighted by Gasteiger charge is 2.27. The van der Waals surface area contributed by atoms with Crippen LogP contribution in [0.5, 0.6) is 0 Å². The molecule has 2 rings (SSSR count). The van der Waals surface area contributed by atoms with Crippen molar-refractivity contribution in [3.8, 4) is 0 Å². The van der Waals surface area contributed by atoms with Gasteiger partial charge in [-0.15, -0.1) is 0 Å². The molecular weight excluding hydrogens is 268 g/mol. The first-order valence-electron chi connectivity index (χ1n) is 6.29. The van der Waals surface area contributed by atoms with Crippen LogP contribution < -0.4 is 5.32 Å². The number of nitro benzene ring substituents is 1. The molecule has 1 aromatic carbocycles. The van der Waals surface area contributed by atoms with Crippen molar-refractivity contribution in [1.82, 2.24) is 5.32 Å². The highest BCUT2D eigenvalue weighted by molar-refractivity contribution is 6.30. The van der Waals surface area contributed by atoms with Gasteiger partial charge >= 0.3 is 0 Å². The molecular formula is C13H17ClN2O3. The van der Waals surface area contributed by atoms with E-state index in [0.717, 1.165) is 13.0 Å². The molecule has 2 unspecified atom stereocenters. The predicted octanol–water partition coefficient (Wildman–Crippen LogP) is 2.42. The van der Waals surface area contributed by atoms with E-state index in [1.807, 2.05) is 7.05 Å². The summed E-state index contributed by atoms with van der Waals surface area (Å²) in [5.41, 5.74) is 0.804. The van der Waals surface area contributed by atoms with Crippen LogP contribution in [0.4, 0.5) is 5.69 Å². The van der Waals surface area contributed by atoms with Crippen LogP contribution in [-0.4, -0.2) is 31.2 Å². The Bertz CT molecular complexity index is 467. The number of hydrogen-bond donors (Lipinski definition) is 1. The number of benzene rings is 1. The Morgan fingerprint density at radius 2 is 2.37 bits per heavy atom. The summed E-state index contributed by atoms with van der Waals surface area (Å²) < 4.78 is 5.47. The van der Waals surface area contributed by atoms with Gasteiger partial charge in [-0.1, -0.05) is 11.6 Å². The minimum atomic E-state index is -0.357. The molecule has 0 spiro atoms. The van der Waals surface area contributed by atoms with E-state index in [1.54, 1.807) is 12.1 Å². The van der Waals surface area contributed by atoms with Crippen molar-refractivity contribution in [1.29, 1.82) is 0 Å². The molecule has 1 aliphatic heterocycles. The van der Waals surface area contributed by atoms with E-state index in [4.69, 9.17) is 16.3 Å². The molecule has 0 aliphatic carbocycles. The summed E-state index contributed by atoms with van der Waals surface area (Å²) in [5, 5.41) is 14.8. The molecule has 0 radical (unpaired) electrons. The van der Waals surface area contributed by atoms with Crippen molar-refractivity contribution < 1.29 is 9.66 Å². The second-order valence-corrected chi connectivity index (χ2v) is 5.19. The van der Waals surface area contributed by atoms with E-state index in [-0.39, 0.29) is 16.5 Å². The molecule has 0 saturated carbocycles. The summed E-state index contributed by atoms with van der Waals surface area (Å²) in [7, 11) is 1.91. The third-order valence-corrected chi connectivity index (χ3v) is 3.80. The van der Waals surface area contributed by atoms with Gasteiger partial charge in [0.05, 0.1) is 11.5 Å². The van der Waals surface area contributed by atoms with Gasteiger partial charge in [0.2, 0.25) is 0 Å². The molecule has 1 aliphatic rings. The van der Waals surface area contributed by atoms with Gasteiger partial charge in [-0.2, -0.15) is 0 Å². The van der Waals surface area contributed by atoms with Crippen molar-refractivity contribution in [2.75, 3.05) is 20.3 Å². The predicted molar refractivity (Wildman–Crippen MR) is 73.6 cm³/mol. The normalized spacial score (nSPS) is 23.3. The van der Waals surface area contributed by atoms with Crippen molar-refractivity contribution in [2.24, 2.45) is 5.92 Å². The highest BCUT2D eigenvalue weighted by atomic mass is 35.5. The van der Waals surface area contributed by atoms with Crippen molar-refractivity contribution in [3.63, 3.8) is 0 Å². The Morgan fingerprint density at radius 1 is 1.58 bits per heavy atom. The fourth-order valence-electron chi connectivity index (χ4n) is 2.56. The summed E-state index contributed by atoms with van der Waals surface area (Å²) in [4.78, 5) is 10.7. The summed E-state index contributed by atoms with van der Waals surface area (Å²) >= 11 is 5.94. The number of rotatable bonds is 4. The standard InChI is InChI=1S/C13H17ClN2O3/c1-15-12-4-5-19-8-10(12)6-9-7-11(14)2-3-13(9)16(17)18/h2-3,7,10,12,15H,4-6,8H2,1H3. The number of nitro groups is 1. The molecule has 6 heteroatoms. The van der Waals surface area contributed by atoms with Crippen LogP contribution >= 0.6 is 11.6 Å². The average Bonchev–Trinajstić information content (AvgIpc) is 2.39. The van der Waals surface area contributed by atoms with E-state index >= 15 is 0 Å². The van der Waals surface area contributed by atoms with Gasteiger partial charge in [0.15, 0.2) is 0 Å². The third kappa shape index (κ3) is 3.43. The Balaban J connectivity index is 2.21. The number of nitrogens with one attached hydrogen (secondary N) is 1. The summed E-state index contributed by atoms with van der Waals surface area (Å²) in [6, 6.07) is 5.03. The van der Waals surface area contributed by atoms with E-state index in [9.17, 15) is 10.1 Å². The van der Waals surface area contributed by atoms with E-state index in [2.05, 4.69) is 5.32 Å². The zero-order valence-electron chi connectivity index (χ0n) is 10.8. The SMILES string of the molecule is CNC1CCOCC1Cc1cc(Cl)ccc1[N+](=O)[O-]. The Hall–Kier alpha value is -1.17. The maximum Gasteiger partial charge on any atom is 0.272 e. The van der Waals surface area contributed by atoms with Gasteiger partial charge < -0.3 is 10.1 Å². The second-order valence-electron chi connectivity index (χ2n) is 4.75. The molecule has 2 atom stereocenters. The summed E-state index contributed by atoms with van der Waals surface area (Å²) in [6.07, 6.45) is 1.53. The van der Waals surface area contributed by atoms with Gasteiger partial charge in [-0.3, -0.25) is 10.1 Å². The summed E-state index contributed by atoms with van der Waals surface area (Å²) in [6.45, 7) is 1.36. The van der Waals surface area contributed by atoms with E-state index < -0.39 is 0 Å². The van der Waals surface area contributed by atoms with Crippen molar-refractivity contribution in [3.05, 3.63) is 38.9 Å². The van der Waals surface area contributed by atoms with Gasteiger partial charge in [0.1, 0.15) is 0 Å². The minimum absolute atomic E-state index is 0.129. The van der Waals surface area contributed by atoms with Crippen LogP contribution in [0.25, 0.3) is 0 Å². The first-order chi connectivity index (χ1) is 9.11. The molecule has 1 fully saturated rings. The number of ether oxygens (including phenoxy) is 1. The molecule has 0 amide bonds. The lowest BCUT2D eigenvalue weighted by Crippen LogP contribution is -2.42. The average molecular weight is 285 g/mol. The first kappa shape index (κ1) is 14.2. The Morgan fingerprint density at radius 3 is 3.05 bits per heavy atom. The van der Waals surface area contributed by atoms with Crippen LogP contribution in [0, 0.1) is 16.0 Å². The maximum absolute atomic E-state index is 11.0. The molecule has 5 nitrogen and oxygen atoms in total. The summed E-state index contributed by atoms with van der Waals surface area (Å²) in [5.74, 6) is 0.232. The van der Waals surface area contributed by atoms with E-state index in [0.29, 0.717) is 29.7 Å². The van der Waals surface area contributed by atoms with Crippen LogP contribution in [0.3, 0.4) is 0 Å². The zero-order chi connectivity index (χ0) is 13.8. The van der Waals surface area contributed by atoms with Gasteiger partial charge in [0.25, 0.3) is 5.69 Å². The van der Waals surface area contributed by atoms with Crippen molar-refractivity contribution >= 4 is 17.3 Å². The molecule has 1 aromatic rings. The molecule has 104 valence electrons. The van der Waals surface area contributed by atoms with Crippen LogP contribution in [0.1, 0.15) is 12.0 Å². The fraction of sp³-hybridized carbons (Fsp3) is 0.538. The minimum Gasteiger partial charge on any atom is -0.381 e. The van der Waals surface area contributed by atoms with Crippen LogP contribution in [0.15, 0.2) is 18.2 Å². The monoisotopic (exact) mass is 284 g/mol. The molecule has 1 N–H and O–H groups in total. The first-order valence-corrected chi connectivity index (χ1v) is 6.67. The molecule has 1 heterocycles. The quantitative estimate of drug-likeness (QED) is 0.681. The maximum atomic E-state index is 11.0. The largest absolute Gasteiger partial charge is 0.381 e. The fourth-order valence-corrected chi connectivity index (χ4v) is 2.75. The Kier molecular flexibility index (Phi) is 4.74. The number of hydrogen-bond acceptors (Lipinski definition) is 4. The highest BCUT2D eigenvalue weighted by Crippen LogP contribution is 2.28. The lowest BCUT2D eigenvalue weighted by molar-refractivity contribution is -0.385. The smallest absolute Gasteiger partial charge is 0.272 e. The van der Waals surface area contributed by atoms with Gasteiger partial charge in [0, 0.05) is 35.2 Å². The van der Waals surface area contributed by atoms with Crippen molar-refractivity contribution in [2.45, 2.75) is 18.9 Å². The molecule has 1 saturated heterocycles. The molecule has 0 bridgehead atoms. The topological polar surface area (TPSA) is 64.4 Å². The van der Waals surface area contributed by atoms with E-state index in [1.165, 1.54) is 6.07 Å². The number of halogens is 1. The van der Waals surface area contributed by atoms with Gasteiger partial charge in [-0.05, 0) is 32.0 Å². The third-order valence-electron chi connectivity index (χ3n) is 3.57. The zero-order valence-corrected chi connectivity index (χ0v) is 11.5. The molecule has 0 aromatic heterocycles. The molecule has 19 heavy (non-hydrogen) atoms.